The first kappa shape index (κ1) is 25.1. The molecule has 2 aromatic carbocycles. The molecule has 0 unspecified atom stereocenters. The lowest BCUT2D eigenvalue weighted by molar-refractivity contribution is -0.118. The Balaban J connectivity index is 1.77. The quantitative estimate of drug-likeness (QED) is 0.451. The van der Waals surface area contributed by atoms with Gasteiger partial charge in [-0.3, -0.25) is 9.78 Å². The third-order valence-electron chi connectivity index (χ3n) is 4.91. The van der Waals surface area contributed by atoms with Crippen molar-refractivity contribution in [1.29, 1.82) is 0 Å². The molecular formula is C24H26FN3O5S. The van der Waals surface area contributed by atoms with Gasteiger partial charge < -0.3 is 14.8 Å². The number of benzene rings is 2. The van der Waals surface area contributed by atoms with E-state index in [0.29, 0.717) is 17.2 Å². The lowest BCUT2D eigenvalue weighted by atomic mass is 10.0. The summed E-state index contributed by atoms with van der Waals surface area (Å²) in [5.74, 6) is -1.07. The summed E-state index contributed by atoms with van der Waals surface area (Å²) >= 11 is 0. The van der Waals surface area contributed by atoms with Gasteiger partial charge in [-0.1, -0.05) is 32.0 Å². The summed E-state index contributed by atoms with van der Waals surface area (Å²) in [5.41, 5.74) is 1.23. The molecule has 0 saturated heterocycles. The highest BCUT2D eigenvalue weighted by Gasteiger charge is 2.30. The van der Waals surface area contributed by atoms with E-state index in [4.69, 9.17) is 9.47 Å². The van der Waals surface area contributed by atoms with Crippen molar-refractivity contribution >= 4 is 21.6 Å². The van der Waals surface area contributed by atoms with Crippen LogP contribution in [0.2, 0.25) is 0 Å². The standard InChI is InChI=1S/C24H26FN3O5S/c1-16(2)23(28-34(30,31)22-9-5-4-8-19(22)25)24(29)27-18-10-11-20(32-3)21(13-18)33-15-17-7-6-12-26-14-17/h4-14,16,23,28H,15H2,1-3H3,(H,27,29)/t23-/m0/s1. The summed E-state index contributed by atoms with van der Waals surface area (Å²) in [6.45, 7) is 3.60. The number of amides is 1. The molecule has 0 aliphatic heterocycles. The summed E-state index contributed by atoms with van der Waals surface area (Å²) in [7, 11) is -2.77. The highest BCUT2D eigenvalue weighted by molar-refractivity contribution is 7.89. The summed E-state index contributed by atoms with van der Waals surface area (Å²) in [6, 6.07) is 12.3. The van der Waals surface area contributed by atoms with Crippen molar-refractivity contribution in [3.63, 3.8) is 0 Å². The van der Waals surface area contributed by atoms with E-state index in [2.05, 4.69) is 15.0 Å². The zero-order chi connectivity index (χ0) is 24.7. The number of rotatable bonds is 10. The Kier molecular flexibility index (Phi) is 8.19. The smallest absolute Gasteiger partial charge is 0.244 e. The van der Waals surface area contributed by atoms with E-state index in [1.807, 2.05) is 6.07 Å². The first-order valence-corrected chi connectivity index (χ1v) is 12.0. The Bertz CT molecular complexity index is 1240. The van der Waals surface area contributed by atoms with Crippen LogP contribution in [0.3, 0.4) is 0 Å². The maximum Gasteiger partial charge on any atom is 0.244 e. The van der Waals surface area contributed by atoms with Crippen LogP contribution < -0.4 is 19.5 Å². The van der Waals surface area contributed by atoms with Crippen LogP contribution in [0.4, 0.5) is 10.1 Å². The van der Waals surface area contributed by atoms with Crippen molar-refractivity contribution < 1.29 is 27.1 Å². The number of ether oxygens (including phenoxy) is 2. The molecule has 180 valence electrons. The number of pyridine rings is 1. The van der Waals surface area contributed by atoms with E-state index in [1.54, 1.807) is 50.5 Å². The number of methoxy groups -OCH3 is 1. The predicted octanol–water partition coefficient (Wildman–Crippen LogP) is 3.75. The minimum Gasteiger partial charge on any atom is -0.493 e. The van der Waals surface area contributed by atoms with Gasteiger partial charge in [0.25, 0.3) is 0 Å². The number of halogens is 1. The van der Waals surface area contributed by atoms with Crippen LogP contribution in [0.1, 0.15) is 19.4 Å². The molecule has 0 spiro atoms. The Morgan fingerprint density at radius 2 is 1.85 bits per heavy atom. The summed E-state index contributed by atoms with van der Waals surface area (Å²) in [5, 5.41) is 2.69. The van der Waals surface area contributed by atoms with Crippen LogP contribution in [0, 0.1) is 11.7 Å². The number of carbonyl (C=O) groups excluding carboxylic acids is 1. The van der Waals surface area contributed by atoms with Crippen LogP contribution >= 0.6 is 0 Å². The van der Waals surface area contributed by atoms with Gasteiger partial charge in [0.15, 0.2) is 11.5 Å². The van der Waals surface area contributed by atoms with E-state index in [9.17, 15) is 17.6 Å². The molecule has 0 aliphatic carbocycles. The number of hydrogen-bond donors (Lipinski definition) is 2. The zero-order valence-electron chi connectivity index (χ0n) is 19.0. The van der Waals surface area contributed by atoms with Crippen LogP contribution in [-0.4, -0.2) is 32.5 Å². The highest BCUT2D eigenvalue weighted by Crippen LogP contribution is 2.31. The van der Waals surface area contributed by atoms with E-state index in [0.717, 1.165) is 17.7 Å². The minimum absolute atomic E-state index is 0.235. The summed E-state index contributed by atoms with van der Waals surface area (Å²) in [4.78, 5) is 16.5. The van der Waals surface area contributed by atoms with Gasteiger partial charge in [0.2, 0.25) is 15.9 Å². The molecule has 1 aromatic heterocycles. The van der Waals surface area contributed by atoms with Gasteiger partial charge in [-0.25, -0.2) is 12.8 Å². The molecule has 1 atom stereocenters. The van der Waals surface area contributed by atoms with E-state index in [-0.39, 0.29) is 6.61 Å². The van der Waals surface area contributed by atoms with Crippen molar-refractivity contribution in [3.8, 4) is 11.5 Å². The first-order chi connectivity index (χ1) is 16.2. The molecule has 3 rings (SSSR count). The molecule has 0 fully saturated rings. The normalized spacial score (nSPS) is 12.3. The maximum atomic E-state index is 14.0. The maximum absolute atomic E-state index is 14.0. The molecule has 0 saturated carbocycles. The SMILES string of the molecule is COc1ccc(NC(=O)[C@@H](NS(=O)(=O)c2ccccc2F)C(C)C)cc1OCc1cccnc1. The van der Waals surface area contributed by atoms with Crippen LogP contribution in [0.15, 0.2) is 71.9 Å². The van der Waals surface area contributed by atoms with Crippen LogP contribution in [-0.2, 0) is 21.4 Å². The molecule has 3 aromatic rings. The fraction of sp³-hybridized carbons (Fsp3) is 0.250. The number of anilines is 1. The summed E-state index contributed by atoms with van der Waals surface area (Å²) in [6.07, 6.45) is 3.33. The monoisotopic (exact) mass is 487 g/mol. The van der Waals surface area contributed by atoms with E-state index in [1.165, 1.54) is 19.2 Å². The lowest BCUT2D eigenvalue weighted by Crippen LogP contribution is -2.47. The van der Waals surface area contributed by atoms with Crippen molar-refractivity contribution in [2.75, 3.05) is 12.4 Å². The molecule has 2 N–H and O–H groups in total. The van der Waals surface area contributed by atoms with Gasteiger partial charge in [-0.2, -0.15) is 4.72 Å². The second kappa shape index (κ2) is 11.1. The van der Waals surface area contributed by atoms with Crippen LogP contribution in [0.25, 0.3) is 0 Å². The second-order valence-electron chi connectivity index (χ2n) is 7.78. The molecule has 1 heterocycles. The number of carbonyl (C=O) groups is 1. The van der Waals surface area contributed by atoms with Gasteiger partial charge in [0, 0.05) is 29.7 Å². The number of nitrogens with one attached hydrogen (secondary N) is 2. The van der Waals surface area contributed by atoms with Gasteiger partial charge >= 0.3 is 0 Å². The minimum atomic E-state index is -4.27. The lowest BCUT2D eigenvalue weighted by Gasteiger charge is -2.22. The zero-order valence-corrected chi connectivity index (χ0v) is 19.8. The van der Waals surface area contributed by atoms with Crippen molar-refractivity contribution in [2.24, 2.45) is 5.92 Å². The van der Waals surface area contributed by atoms with Crippen molar-refractivity contribution in [1.82, 2.24) is 9.71 Å². The molecule has 0 aliphatic rings. The third kappa shape index (κ3) is 6.30. The average molecular weight is 488 g/mol. The van der Waals surface area contributed by atoms with E-state index >= 15 is 0 Å². The molecule has 8 nitrogen and oxygen atoms in total. The topological polar surface area (TPSA) is 107 Å². The van der Waals surface area contributed by atoms with Crippen molar-refractivity contribution in [2.45, 2.75) is 31.4 Å². The van der Waals surface area contributed by atoms with Crippen molar-refractivity contribution in [3.05, 3.63) is 78.4 Å². The average Bonchev–Trinajstić information content (AvgIpc) is 2.82. The van der Waals surface area contributed by atoms with Crippen LogP contribution in [0.5, 0.6) is 11.5 Å². The summed E-state index contributed by atoms with van der Waals surface area (Å²) < 4.78 is 52.9. The van der Waals surface area contributed by atoms with E-state index < -0.39 is 38.6 Å². The molecule has 0 bridgehead atoms. The molecule has 1 amide bonds. The predicted molar refractivity (Wildman–Crippen MR) is 126 cm³/mol. The van der Waals surface area contributed by atoms with Gasteiger partial charge in [-0.15, -0.1) is 0 Å². The number of nitrogens with zero attached hydrogens (tertiary/aromatic N) is 1. The molecule has 0 radical (unpaired) electrons. The third-order valence-corrected chi connectivity index (χ3v) is 6.38. The number of hydrogen-bond acceptors (Lipinski definition) is 6. The Morgan fingerprint density at radius 1 is 1.09 bits per heavy atom. The van der Waals surface area contributed by atoms with Gasteiger partial charge in [-0.05, 0) is 36.2 Å². The second-order valence-corrected chi connectivity index (χ2v) is 9.46. The Hall–Kier alpha value is -3.50. The molecular weight excluding hydrogens is 461 g/mol. The first-order valence-electron chi connectivity index (χ1n) is 10.5. The fourth-order valence-electron chi connectivity index (χ4n) is 3.12. The molecule has 34 heavy (non-hydrogen) atoms. The Labute approximate surface area is 198 Å². The molecule has 10 heteroatoms. The van der Waals surface area contributed by atoms with Gasteiger partial charge in [0.05, 0.1) is 7.11 Å². The van der Waals surface area contributed by atoms with Gasteiger partial charge in [0.1, 0.15) is 23.4 Å². The number of aromatic nitrogens is 1. The Morgan fingerprint density at radius 3 is 2.50 bits per heavy atom. The number of sulfonamides is 1. The largest absolute Gasteiger partial charge is 0.493 e. The highest BCUT2D eigenvalue weighted by atomic mass is 32.2. The fourth-order valence-corrected chi connectivity index (χ4v) is 4.54.